The molecular weight excluding hydrogens is 382 g/mol. The van der Waals surface area contributed by atoms with Crippen molar-refractivity contribution >= 4 is 37.4 Å². The van der Waals surface area contributed by atoms with Gasteiger partial charge in [-0.15, -0.1) is 0 Å². The third-order valence-corrected chi connectivity index (χ3v) is 7.65. The average Bonchev–Trinajstić information content (AvgIpc) is 3.25. The average molecular weight is 400 g/mol. The molecule has 2 heterocycles. The first kappa shape index (κ1) is 15.4. The summed E-state index contributed by atoms with van der Waals surface area (Å²) in [7, 11) is -2.89. The molecule has 7 heteroatoms. The van der Waals surface area contributed by atoms with E-state index in [9.17, 15) is 13.2 Å². The van der Waals surface area contributed by atoms with E-state index in [2.05, 4.69) is 15.9 Å². The van der Waals surface area contributed by atoms with Crippen LogP contribution in [0.5, 0.6) is 5.75 Å². The fourth-order valence-corrected chi connectivity index (χ4v) is 5.93. The Labute approximate surface area is 144 Å². The van der Waals surface area contributed by atoms with Gasteiger partial charge in [0, 0.05) is 5.92 Å². The monoisotopic (exact) mass is 399 g/mol. The number of ether oxygens (including phenoxy) is 1. The van der Waals surface area contributed by atoms with Crippen LogP contribution < -0.4 is 9.64 Å². The lowest BCUT2D eigenvalue weighted by Crippen LogP contribution is -2.40. The first-order valence-corrected chi connectivity index (χ1v) is 10.5. The topological polar surface area (TPSA) is 63.7 Å². The zero-order valence-electron chi connectivity index (χ0n) is 12.6. The van der Waals surface area contributed by atoms with Gasteiger partial charge in [-0.1, -0.05) is 6.07 Å². The normalized spacial score (nSPS) is 27.2. The summed E-state index contributed by atoms with van der Waals surface area (Å²) in [6.45, 7) is 1.03. The van der Waals surface area contributed by atoms with Crippen molar-refractivity contribution in [2.75, 3.05) is 29.6 Å². The summed E-state index contributed by atoms with van der Waals surface area (Å²) in [5.74, 6) is 1.24. The van der Waals surface area contributed by atoms with Gasteiger partial charge in [0.15, 0.2) is 5.75 Å². The molecule has 124 valence electrons. The Kier molecular flexibility index (Phi) is 3.50. The number of sulfone groups is 1. The summed E-state index contributed by atoms with van der Waals surface area (Å²) in [6.07, 6.45) is 2.07. The van der Waals surface area contributed by atoms with Crippen LogP contribution in [0.1, 0.15) is 19.3 Å². The number of para-hydroxylation sites is 1. The Balaban J connectivity index is 1.55. The lowest BCUT2D eigenvalue weighted by molar-refractivity contribution is -0.120. The van der Waals surface area contributed by atoms with Gasteiger partial charge in [-0.2, -0.15) is 0 Å². The van der Waals surface area contributed by atoms with Gasteiger partial charge in [-0.25, -0.2) is 8.42 Å². The smallest absolute Gasteiger partial charge is 0.230 e. The maximum Gasteiger partial charge on any atom is 0.230 e. The van der Waals surface area contributed by atoms with E-state index in [1.807, 2.05) is 23.1 Å². The standard InChI is InChI=1S/C16H18BrNO4S/c17-12-2-1-3-13-14(12)22-7-6-18(13)15(19)11-10-16(11)4-8-23(20,21)9-5-16/h1-3,11H,4-10H2. The molecule has 3 aliphatic rings. The minimum Gasteiger partial charge on any atom is -0.488 e. The van der Waals surface area contributed by atoms with Gasteiger partial charge in [0.2, 0.25) is 5.91 Å². The summed E-state index contributed by atoms with van der Waals surface area (Å²) in [4.78, 5) is 14.8. The summed E-state index contributed by atoms with van der Waals surface area (Å²) in [5.41, 5.74) is 0.730. The molecule has 0 N–H and O–H groups in total. The maximum absolute atomic E-state index is 13.0. The number of nitrogens with zero attached hydrogens (tertiary/aromatic N) is 1. The van der Waals surface area contributed by atoms with Gasteiger partial charge in [0.05, 0.1) is 28.2 Å². The molecule has 1 amide bonds. The second-order valence-electron chi connectivity index (χ2n) is 6.70. The highest BCUT2D eigenvalue weighted by Crippen LogP contribution is 2.60. The van der Waals surface area contributed by atoms with Crippen LogP contribution in [0.2, 0.25) is 0 Å². The van der Waals surface area contributed by atoms with Crippen LogP contribution >= 0.6 is 15.9 Å². The molecule has 2 aliphatic heterocycles. The molecule has 1 unspecified atom stereocenters. The first-order valence-electron chi connectivity index (χ1n) is 7.85. The minimum absolute atomic E-state index is 0.0390. The van der Waals surface area contributed by atoms with E-state index in [1.54, 1.807) is 0 Å². The molecule has 1 saturated heterocycles. The molecule has 1 aromatic carbocycles. The number of hydrogen-bond donors (Lipinski definition) is 0. The van der Waals surface area contributed by atoms with E-state index in [0.29, 0.717) is 31.7 Å². The first-order chi connectivity index (χ1) is 10.9. The van der Waals surface area contributed by atoms with Crippen molar-refractivity contribution in [3.8, 4) is 5.75 Å². The molecule has 0 radical (unpaired) electrons. The van der Waals surface area contributed by atoms with Crippen molar-refractivity contribution in [2.24, 2.45) is 11.3 Å². The van der Waals surface area contributed by atoms with Crippen molar-refractivity contribution in [1.29, 1.82) is 0 Å². The highest BCUT2D eigenvalue weighted by molar-refractivity contribution is 9.10. The van der Waals surface area contributed by atoms with E-state index in [0.717, 1.165) is 16.6 Å². The number of halogens is 1. The Hall–Kier alpha value is -1.08. The number of anilines is 1. The summed E-state index contributed by atoms with van der Waals surface area (Å²) >= 11 is 3.46. The van der Waals surface area contributed by atoms with Crippen molar-refractivity contribution in [3.05, 3.63) is 22.7 Å². The second kappa shape index (κ2) is 5.21. The Bertz CT molecular complexity index is 762. The van der Waals surface area contributed by atoms with E-state index in [1.165, 1.54) is 0 Å². The molecule has 5 nitrogen and oxygen atoms in total. The number of carbonyl (C=O) groups is 1. The van der Waals surface area contributed by atoms with Crippen LogP contribution in [0, 0.1) is 11.3 Å². The van der Waals surface area contributed by atoms with Crippen molar-refractivity contribution in [3.63, 3.8) is 0 Å². The highest BCUT2D eigenvalue weighted by atomic mass is 79.9. The molecule has 2 fully saturated rings. The van der Waals surface area contributed by atoms with Gasteiger partial charge in [0.25, 0.3) is 0 Å². The van der Waals surface area contributed by atoms with Crippen molar-refractivity contribution < 1.29 is 17.9 Å². The summed E-state index contributed by atoms with van der Waals surface area (Å²) in [5, 5.41) is 0. The van der Waals surface area contributed by atoms with Gasteiger partial charge < -0.3 is 9.64 Å². The molecule has 1 aromatic rings. The highest BCUT2D eigenvalue weighted by Gasteiger charge is 2.60. The van der Waals surface area contributed by atoms with Crippen LogP contribution in [-0.2, 0) is 14.6 Å². The van der Waals surface area contributed by atoms with E-state index in [4.69, 9.17) is 4.74 Å². The third kappa shape index (κ3) is 2.58. The van der Waals surface area contributed by atoms with Gasteiger partial charge in [0.1, 0.15) is 16.4 Å². The van der Waals surface area contributed by atoms with Gasteiger partial charge in [-0.3, -0.25) is 4.79 Å². The van der Waals surface area contributed by atoms with Crippen LogP contribution in [0.3, 0.4) is 0 Å². The van der Waals surface area contributed by atoms with Crippen LogP contribution in [0.25, 0.3) is 0 Å². The predicted octanol–water partition coefficient (Wildman–Crippen LogP) is 2.39. The number of benzene rings is 1. The summed E-state index contributed by atoms with van der Waals surface area (Å²) in [6, 6.07) is 5.70. The van der Waals surface area contributed by atoms with Crippen LogP contribution in [0.15, 0.2) is 22.7 Å². The van der Waals surface area contributed by atoms with Crippen molar-refractivity contribution in [1.82, 2.24) is 0 Å². The third-order valence-electron chi connectivity index (χ3n) is 5.37. The fraction of sp³-hybridized carbons (Fsp3) is 0.562. The zero-order chi connectivity index (χ0) is 16.2. The number of fused-ring (bicyclic) bond motifs is 1. The minimum atomic E-state index is -2.89. The second-order valence-corrected chi connectivity index (χ2v) is 9.86. The van der Waals surface area contributed by atoms with Crippen molar-refractivity contribution in [2.45, 2.75) is 19.3 Å². The van der Waals surface area contributed by atoms with Gasteiger partial charge in [-0.05, 0) is 52.7 Å². The van der Waals surface area contributed by atoms with E-state index < -0.39 is 9.84 Å². The van der Waals surface area contributed by atoms with Crippen LogP contribution in [-0.4, -0.2) is 39.0 Å². The molecule has 4 rings (SSSR count). The molecule has 1 atom stereocenters. The number of amides is 1. The fourth-order valence-electron chi connectivity index (χ4n) is 3.82. The summed E-state index contributed by atoms with van der Waals surface area (Å²) < 4.78 is 29.8. The quantitative estimate of drug-likeness (QED) is 0.726. The Morgan fingerprint density at radius 2 is 2.04 bits per heavy atom. The zero-order valence-corrected chi connectivity index (χ0v) is 15.0. The molecule has 1 aliphatic carbocycles. The van der Waals surface area contributed by atoms with Gasteiger partial charge >= 0.3 is 0 Å². The molecule has 1 spiro atoms. The number of hydrogen-bond acceptors (Lipinski definition) is 4. The molecule has 0 bridgehead atoms. The largest absolute Gasteiger partial charge is 0.488 e. The SMILES string of the molecule is O=C(C1CC12CCS(=O)(=O)CC2)N1CCOc2c(Br)cccc21. The molecule has 1 saturated carbocycles. The maximum atomic E-state index is 13.0. The Morgan fingerprint density at radius 1 is 1.30 bits per heavy atom. The number of rotatable bonds is 1. The van der Waals surface area contributed by atoms with E-state index >= 15 is 0 Å². The number of carbonyl (C=O) groups excluding carboxylic acids is 1. The van der Waals surface area contributed by atoms with Crippen LogP contribution in [0.4, 0.5) is 5.69 Å². The molecule has 23 heavy (non-hydrogen) atoms. The Morgan fingerprint density at radius 3 is 2.78 bits per heavy atom. The lowest BCUT2D eigenvalue weighted by atomic mass is 9.95. The van der Waals surface area contributed by atoms with E-state index in [-0.39, 0.29) is 28.7 Å². The lowest BCUT2D eigenvalue weighted by Gasteiger charge is -2.31. The predicted molar refractivity (Wildman–Crippen MR) is 90.4 cm³/mol. The molecule has 0 aromatic heterocycles. The molecular formula is C16H18BrNO4S.